The quantitative estimate of drug-likeness (QED) is 0.797. The molecule has 2 aromatic rings. The molecule has 25 heavy (non-hydrogen) atoms. The molecule has 0 aliphatic rings. The SMILES string of the molecule is COc1ccc(NC(=O)NCC(C)(C)c2ccc(Cl)cc2)cc1OC. The molecule has 0 fully saturated rings. The van der Waals surface area contributed by atoms with Gasteiger partial charge in [-0.1, -0.05) is 37.6 Å². The summed E-state index contributed by atoms with van der Waals surface area (Å²) >= 11 is 5.93. The second-order valence-corrected chi connectivity index (χ2v) is 6.70. The van der Waals surface area contributed by atoms with Crippen LogP contribution in [0, 0.1) is 0 Å². The minimum Gasteiger partial charge on any atom is -0.493 e. The van der Waals surface area contributed by atoms with Gasteiger partial charge in [0.05, 0.1) is 14.2 Å². The highest BCUT2D eigenvalue weighted by Gasteiger charge is 2.21. The van der Waals surface area contributed by atoms with Crippen molar-refractivity contribution >= 4 is 23.3 Å². The van der Waals surface area contributed by atoms with E-state index in [9.17, 15) is 4.79 Å². The molecule has 0 unspecified atom stereocenters. The zero-order valence-corrected chi connectivity index (χ0v) is 15.6. The van der Waals surface area contributed by atoms with Crippen LogP contribution in [0.2, 0.25) is 5.02 Å². The van der Waals surface area contributed by atoms with Crippen molar-refractivity contribution in [3.8, 4) is 11.5 Å². The Bertz CT molecular complexity index is 730. The molecule has 2 amide bonds. The number of rotatable bonds is 6. The molecular weight excluding hydrogens is 340 g/mol. The molecule has 2 rings (SSSR count). The van der Waals surface area contributed by atoms with Crippen LogP contribution in [0.3, 0.4) is 0 Å². The third kappa shape index (κ3) is 5.03. The fourth-order valence-corrected chi connectivity index (χ4v) is 2.52. The Morgan fingerprint density at radius 3 is 2.28 bits per heavy atom. The van der Waals surface area contributed by atoms with Crippen LogP contribution in [0.15, 0.2) is 42.5 Å². The summed E-state index contributed by atoms with van der Waals surface area (Å²) in [5.74, 6) is 1.17. The number of carbonyl (C=O) groups excluding carboxylic acids is 1. The van der Waals surface area contributed by atoms with E-state index in [1.54, 1.807) is 32.4 Å². The van der Waals surface area contributed by atoms with Gasteiger partial charge in [-0.2, -0.15) is 0 Å². The summed E-state index contributed by atoms with van der Waals surface area (Å²) in [4.78, 5) is 12.2. The van der Waals surface area contributed by atoms with Crippen LogP contribution in [0.1, 0.15) is 19.4 Å². The van der Waals surface area contributed by atoms with E-state index in [1.165, 1.54) is 0 Å². The summed E-state index contributed by atoms with van der Waals surface area (Å²) in [7, 11) is 3.12. The van der Waals surface area contributed by atoms with Crippen LogP contribution in [0.25, 0.3) is 0 Å². The molecule has 134 valence electrons. The highest BCUT2D eigenvalue weighted by Crippen LogP contribution is 2.29. The van der Waals surface area contributed by atoms with Crippen molar-refractivity contribution in [2.75, 3.05) is 26.1 Å². The van der Waals surface area contributed by atoms with Gasteiger partial charge in [0.1, 0.15) is 0 Å². The van der Waals surface area contributed by atoms with E-state index in [2.05, 4.69) is 24.5 Å². The van der Waals surface area contributed by atoms with Gasteiger partial charge in [-0.25, -0.2) is 4.79 Å². The summed E-state index contributed by atoms with van der Waals surface area (Å²) in [6.45, 7) is 4.60. The number of hydrogen-bond acceptors (Lipinski definition) is 3. The minimum absolute atomic E-state index is 0.223. The van der Waals surface area contributed by atoms with E-state index in [4.69, 9.17) is 21.1 Å². The lowest BCUT2D eigenvalue weighted by atomic mass is 9.85. The second kappa shape index (κ2) is 8.12. The average Bonchev–Trinajstić information content (AvgIpc) is 2.60. The predicted molar refractivity (Wildman–Crippen MR) is 101 cm³/mol. The lowest BCUT2D eigenvalue weighted by Crippen LogP contribution is -2.38. The van der Waals surface area contributed by atoms with Gasteiger partial charge in [0, 0.05) is 28.7 Å². The van der Waals surface area contributed by atoms with E-state index in [0.717, 1.165) is 5.56 Å². The number of carbonyl (C=O) groups is 1. The largest absolute Gasteiger partial charge is 0.493 e. The molecular formula is C19H23ClN2O3. The molecule has 0 spiro atoms. The zero-order chi connectivity index (χ0) is 18.4. The molecule has 0 aliphatic carbocycles. The van der Waals surface area contributed by atoms with Gasteiger partial charge in [-0.05, 0) is 29.8 Å². The van der Waals surface area contributed by atoms with Crippen molar-refractivity contribution in [2.45, 2.75) is 19.3 Å². The number of urea groups is 1. The van der Waals surface area contributed by atoms with E-state index in [0.29, 0.717) is 28.8 Å². The van der Waals surface area contributed by atoms with Crippen LogP contribution in [-0.2, 0) is 5.41 Å². The van der Waals surface area contributed by atoms with Gasteiger partial charge >= 0.3 is 6.03 Å². The zero-order valence-electron chi connectivity index (χ0n) is 14.9. The molecule has 0 aromatic heterocycles. The van der Waals surface area contributed by atoms with Crippen molar-refractivity contribution in [3.05, 3.63) is 53.1 Å². The van der Waals surface area contributed by atoms with E-state index in [1.807, 2.05) is 24.3 Å². The highest BCUT2D eigenvalue weighted by molar-refractivity contribution is 6.30. The molecule has 0 aliphatic heterocycles. The molecule has 0 atom stereocenters. The van der Waals surface area contributed by atoms with Crippen molar-refractivity contribution in [1.82, 2.24) is 5.32 Å². The molecule has 6 heteroatoms. The third-order valence-electron chi connectivity index (χ3n) is 3.96. The van der Waals surface area contributed by atoms with E-state index in [-0.39, 0.29) is 11.4 Å². The maximum atomic E-state index is 12.2. The Morgan fingerprint density at radius 2 is 1.68 bits per heavy atom. The summed E-state index contributed by atoms with van der Waals surface area (Å²) in [6, 6.07) is 12.6. The first-order chi connectivity index (χ1) is 11.9. The number of methoxy groups -OCH3 is 2. The lowest BCUT2D eigenvalue weighted by molar-refractivity contribution is 0.249. The Kier molecular flexibility index (Phi) is 6.15. The topological polar surface area (TPSA) is 59.6 Å². The number of amides is 2. The van der Waals surface area contributed by atoms with Crippen molar-refractivity contribution in [1.29, 1.82) is 0 Å². The number of nitrogens with one attached hydrogen (secondary N) is 2. The Balaban J connectivity index is 1.97. The summed E-state index contributed by atoms with van der Waals surface area (Å²) < 4.78 is 10.4. The fourth-order valence-electron chi connectivity index (χ4n) is 2.39. The lowest BCUT2D eigenvalue weighted by Gasteiger charge is -2.25. The first kappa shape index (κ1) is 18.9. The van der Waals surface area contributed by atoms with Crippen LogP contribution in [0.5, 0.6) is 11.5 Å². The van der Waals surface area contributed by atoms with Gasteiger partial charge in [0.15, 0.2) is 11.5 Å². The van der Waals surface area contributed by atoms with Crippen LogP contribution in [0.4, 0.5) is 10.5 Å². The number of hydrogen-bond donors (Lipinski definition) is 2. The van der Waals surface area contributed by atoms with Gasteiger partial charge < -0.3 is 20.1 Å². The third-order valence-corrected chi connectivity index (χ3v) is 4.21. The van der Waals surface area contributed by atoms with Crippen molar-refractivity contribution in [3.63, 3.8) is 0 Å². The maximum Gasteiger partial charge on any atom is 0.319 e. The molecule has 2 aromatic carbocycles. The fraction of sp³-hybridized carbons (Fsp3) is 0.316. The molecule has 2 N–H and O–H groups in total. The molecule has 5 nitrogen and oxygen atoms in total. The Morgan fingerprint density at radius 1 is 1.04 bits per heavy atom. The van der Waals surface area contributed by atoms with Crippen molar-refractivity contribution in [2.24, 2.45) is 0 Å². The van der Waals surface area contributed by atoms with Gasteiger partial charge in [-0.15, -0.1) is 0 Å². The summed E-state index contributed by atoms with van der Waals surface area (Å²) in [5.41, 5.74) is 1.50. The Labute approximate surface area is 153 Å². The molecule has 0 saturated carbocycles. The van der Waals surface area contributed by atoms with E-state index >= 15 is 0 Å². The second-order valence-electron chi connectivity index (χ2n) is 6.27. The minimum atomic E-state index is -0.283. The Hall–Kier alpha value is -2.40. The van der Waals surface area contributed by atoms with E-state index < -0.39 is 0 Å². The summed E-state index contributed by atoms with van der Waals surface area (Å²) in [5, 5.41) is 6.38. The average molecular weight is 363 g/mol. The number of benzene rings is 2. The molecule has 0 saturated heterocycles. The summed E-state index contributed by atoms with van der Waals surface area (Å²) in [6.07, 6.45) is 0. The van der Waals surface area contributed by atoms with Crippen LogP contribution >= 0.6 is 11.6 Å². The first-order valence-corrected chi connectivity index (χ1v) is 8.26. The normalized spacial score (nSPS) is 10.9. The number of anilines is 1. The smallest absolute Gasteiger partial charge is 0.319 e. The monoisotopic (exact) mass is 362 g/mol. The number of ether oxygens (including phenoxy) is 2. The van der Waals surface area contributed by atoms with Crippen molar-refractivity contribution < 1.29 is 14.3 Å². The maximum absolute atomic E-state index is 12.2. The van der Waals surface area contributed by atoms with Gasteiger partial charge in [0.2, 0.25) is 0 Å². The van der Waals surface area contributed by atoms with Crippen LogP contribution < -0.4 is 20.1 Å². The van der Waals surface area contributed by atoms with Crippen LogP contribution in [-0.4, -0.2) is 26.8 Å². The highest BCUT2D eigenvalue weighted by atomic mass is 35.5. The van der Waals surface area contributed by atoms with Gasteiger partial charge in [0.25, 0.3) is 0 Å². The predicted octanol–water partition coefficient (Wildman–Crippen LogP) is 4.46. The molecule has 0 bridgehead atoms. The van der Waals surface area contributed by atoms with Gasteiger partial charge in [-0.3, -0.25) is 0 Å². The standard InChI is InChI=1S/C19H23ClN2O3/c1-19(2,13-5-7-14(20)8-6-13)12-21-18(23)22-15-9-10-16(24-3)17(11-15)25-4/h5-11H,12H2,1-4H3,(H2,21,22,23). The number of halogens is 1. The first-order valence-electron chi connectivity index (χ1n) is 7.88. The molecule has 0 heterocycles. The molecule has 0 radical (unpaired) electrons.